The highest BCUT2D eigenvalue weighted by Gasteiger charge is 2.23. The number of nitrogens with two attached hydrogens (primary N) is 1. The molecule has 0 aromatic heterocycles. The minimum absolute atomic E-state index is 0.0226. The van der Waals surface area contributed by atoms with Gasteiger partial charge in [-0.25, -0.2) is 0 Å². The van der Waals surface area contributed by atoms with E-state index in [1.165, 1.54) is 0 Å². The zero-order valence-electron chi connectivity index (χ0n) is 10.8. The summed E-state index contributed by atoms with van der Waals surface area (Å²) in [5, 5.41) is 2.92. The van der Waals surface area contributed by atoms with Crippen molar-refractivity contribution < 1.29 is 4.79 Å². The molecule has 1 amide bonds. The molecule has 0 saturated heterocycles. The molecular weight excluding hydrogens is 188 g/mol. The SMILES string of the molecule is CCCC(N)C(=O)NCC(C)(C)C(C)C. The van der Waals surface area contributed by atoms with Crippen molar-refractivity contribution in [1.29, 1.82) is 0 Å². The monoisotopic (exact) mass is 214 g/mol. The van der Waals surface area contributed by atoms with E-state index in [0.717, 1.165) is 12.8 Å². The lowest BCUT2D eigenvalue weighted by Crippen LogP contribution is -2.45. The van der Waals surface area contributed by atoms with Crippen LogP contribution in [-0.4, -0.2) is 18.5 Å². The first-order valence-electron chi connectivity index (χ1n) is 5.84. The standard InChI is InChI=1S/C12H26N2O/c1-6-7-10(13)11(15)14-8-12(4,5)9(2)3/h9-10H,6-8,13H2,1-5H3,(H,14,15). The third kappa shape index (κ3) is 5.17. The van der Waals surface area contributed by atoms with Crippen LogP contribution in [0.5, 0.6) is 0 Å². The van der Waals surface area contributed by atoms with Crippen LogP contribution in [0, 0.1) is 11.3 Å². The molecule has 90 valence electrons. The number of hydrogen-bond acceptors (Lipinski definition) is 2. The maximum absolute atomic E-state index is 11.6. The van der Waals surface area contributed by atoms with E-state index in [0.29, 0.717) is 12.5 Å². The van der Waals surface area contributed by atoms with E-state index in [2.05, 4.69) is 33.0 Å². The highest BCUT2D eigenvalue weighted by Crippen LogP contribution is 2.24. The zero-order chi connectivity index (χ0) is 12.1. The van der Waals surface area contributed by atoms with Crippen molar-refractivity contribution in [2.45, 2.75) is 53.5 Å². The zero-order valence-corrected chi connectivity index (χ0v) is 10.8. The van der Waals surface area contributed by atoms with Gasteiger partial charge in [-0.3, -0.25) is 4.79 Å². The van der Waals surface area contributed by atoms with E-state index in [9.17, 15) is 4.79 Å². The summed E-state index contributed by atoms with van der Waals surface area (Å²) < 4.78 is 0. The van der Waals surface area contributed by atoms with Gasteiger partial charge in [0.15, 0.2) is 0 Å². The molecule has 0 fully saturated rings. The Morgan fingerprint density at radius 2 is 1.93 bits per heavy atom. The summed E-state index contributed by atoms with van der Waals surface area (Å²) in [5.74, 6) is 0.519. The molecule has 0 aliphatic rings. The first-order chi connectivity index (χ1) is 6.81. The third-order valence-electron chi connectivity index (χ3n) is 3.22. The second kappa shape index (κ2) is 6.11. The van der Waals surface area contributed by atoms with Crippen molar-refractivity contribution in [2.24, 2.45) is 17.1 Å². The number of carbonyl (C=O) groups is 1. The Kier molecular flexibility index (Phi) is 5.88. The summed E-state index contributed by atoms with van der Waals surface area (Å²) in [6, 6.07) is -0.349. The van der Waals surface area contributed by atoms with Crippen LogP contribution < -0.4 is 11.1 Å². The quantitative estimate of drug-likeness (QED) is 0.709. The second-order valence-electron chi connectivity index (χ2n) is 5.26. The van der Waals surface area contributed by atoms with Gasteiger partial charge in [0.05, 0.1) is 6.04 Å². The Balaban J connectivity index is 4.00. The lowest BCUT2D eigenvalue weighted by Gasteiger charge is -2.29. The van der Waals surface area contributed by atoms with Gasteiger partial charge in [-0.15, -0.1) is 0 Å². The van der Waals surface area contributed by atoms with Crippen LogP contribution in [0.4, 0.5) is 0 Å². The van der Waals surface area contributed by atoms with Crippen molar-refractivity contribution in [3.63, 3.8) is 0 Å². The maximum Gasteiger partial charge on any atom is 0.236 e. The molecule has 1 atom stereocenters. The molecule has 0 saturated carbocycles. The van der Waals surface area contributed by atoms with Crippen LogP contribution in [0.3, 0.4) is 0 Å². The summed E-state index contributed by atoms with van der Waals surface area (Å²) in [6.45, 7) is 11.4. The minimum atomic E-state index is -0.349. The normalized spacial score (nSPS) is 14.1. The second-order valence-corrected chi connectivity index (χ2v) is 5.26. The fourth-order valence-electron chi connectivity index (χ4n) is 1.09. The topological polar surface area (TPSA) is 55.1 Å². The molecule has 0 heterocycles. The lowest BCUT2D eigenvalue weighted by atomic mass is 9.81. The van der Waals surface area contributed by atoms with Crippen LogP contribution in [0.1, 0.15) is 47.5 Å². The van der Waals surface area contributed by atoms with E-state index in [1.807, 2.05) is 6.92 Å². The van der Waals surface area contributed by atoms with Gasteiger partial charge in [-0.2, -0.15) is 0 Å². The van der Waals surface area contributed by atoms with Gasteiger partial charge < -0.3 is 11.1 Å². The number of carbonyl (C=O) groups excluding carboxylic acids is 1. The average Bonchev–Trinajstić information content (AvgIpc) is 2.14. The molecule has 0 aromatic carbocycles. The molecule has 15 heavy (non-hydrogen) atoms. The fraction of sp³-hybridized carbons (Fsp3) is 0.917. The van der Waals surface area contributed by atoms with E-state index in [-0.39, 0.29) is 17.4 Å². The Bertz CT molecular complexity index is 200. The minimum Gasteiger partial charge on any atom is -0.354 e. The first-order valence-corrected chi connectivity index (χ1v) is 5.84. The van der Waals surface area contributed by atoms with Gasteiger partial charge in [0.25, 0.3) is 0 Å². The first kappa shape index (κ1) is 14.4. The molecular formula is C12H26N2O. The number of rotatable bonds is 6. The van der Waals surface area contributed by atoms with Crippen molar-refractivity contribution in [1.82, 2.24) is 5.32 Å². The third-order valence-corrected chi connectivity index (χ3v) is 3.22. The predicted molar refractivity (Wildman–Crippen MR) is 64.5 cm³/mol. The van der Waals surface area contributed by atoms with E-state index in [1.54, 1.807) is 0 Å². The largest absolute Gasteiger partial charge is 0.354 e. The van der Waals surface area contributed by atoms with E-state index < -0.39 is 0 Å². The molecule has 1 unspecified atom stereocenters. The molecule has 3 heteroatoms. The summed E-state index contributed by atoms with van der Waals surface area (Å²) in [6.07, 6.45) is 1.70. The van der Waals surface area contributed by atoms with Crippen LogP contribution in [0.15, 0.2) is 0 Å². The fourth-order valence-corrected chi connectivity index (χ4v) is 1.09. The summed E-state index contributed by atoms with van der Waals surface area (Å²) in [5.41, 5.74) is 5.85. The summed E-state index contributed by atoms with van der Waals surface area (Å²) in [7, 11) is 0. The highest BCUT2D eigenvalue weighted by molar-refractivity contribution is 5.81. The molecule has 3 nitrogen and oxygen atoms in total. The Labute approximate surface area is 93.8 Å². The molecule has 0 aromatic rings. The smallest absolute Gasteiger partial charge is 0.236 e. The van der Waals surface area contributed by atoms with Crippen LogP contribution in [-0.2, 0) is 4.79 Å². The van der Waals surface area contributed by atoms with E-state index in [4.69, 9.17) is 5.73 Å². The molecule has 0 aliphatic heterocycles. The Morgan fingerprint density at radius 1 is 1.40 bits per heavy atom. The molecule has 0 aliphatic carbocycles. The summed E-state index contributed by atoms with van der Waals surface area (Å²) >= 11 is 0. The van der Waals surface area contributed by atoms with Gasteiger partial charge in [0.2, 0.25) is 5.91 Å². The average molecular weight is 214 g/mol. The van der Waals surface area contributed by atoms with Gasteiger partial charge in [-0.1, -0.05) is 41.0 Å². The van der Waals surface area contributed by atoms with Crippen molar-refractivity contribution in [3.8, 4) is 0 Å². The number of nitrogens with one attached hydrogen (secondary N) is 1. The van der Waals surface area contributed by atoms with Gasteiger partial charge in [-0.05, 0) is 17.8 Å². The molecule has 3 N–H and O–H groups in total. The van der Waals surface area contributed by atoms with Gasteiger partial charge in [0.1, 0.15) is 0 Å². The van der Waals surface area contributed by atoms with Gasteiger partial charge in [0, 0.05) is 6.54 Å². The van der Waals surface area contributed by atoms with Crippen molar-refractivity contribution >= 4 is 5.91 Å². The molecule has 0 spiro atoms. The van der Waals surface area contributed by atoms with Crippen LogP contribution >= 0.6 is 0 Å². The van der Waals surface area contributed by atoms with Gasteiger partial charge >= 0.3 is 0 Å². The molecule has 0 radical (unpaired) electrons. The lowest BCUT2D eigenvalue weighted by molar-refractivity contribution is -0.123. The van der Waals surface area contributed by atoms with Crippen molar-refractivity contribution in [2.75, 3.05) is 6.54 Å². The highest BCUT2D eigenvalue weighted by atomic mass is 16.2. The molecule has 0 rings (SSSR count). The summed E-state index contributed by atoms with van der Waals surface area (Å²) in [4.78, 5) is 11.6. The van der Waals surface area contributed by atoms with E-state index >= 15 is 0 Å². The predicted octanol–water partition coefficient (Wildman–Crippen LogP) is 1.91. The number of hydrogen-bond donors (Lipinski definition) is 2. The Morgan fingerprint density at radius 3 is 2.33 bits per heavy atom. The van der Waals surface area contributed by atoms with Crippen molar-refractivity contribution in [3.05, 3.63) is 0 Å². The number of amides is 1. The maximum atomic E-state index is 11.6. The molecule has 0 bridgehead atoms. The van der Waals surface area contributed by atoms with Crippen LogP contribution in [0.2, 0.25) is 0 Å². The van der Waals surface area contributed by atoms with Crippen LogP contribution in [0.25, 0.3) is 0 Å². The Hall–Kier alpha value is -0.570.